The van der Waals surface area contributed by atoms with E-state index in [1.165, 1.54) is 22.5 Å². The van der Waals surface area contributed by atoms with Gasteiger partial charge >= 0.3 is 6.18 Å². The molecule has 6 rings (SSSR count). The Morgan fingerprint density at radius 1 is 1.05 bits per heavy atom. The molecule has 2 saturated heterocycles. The second-order valence-corrected chi connectivity index (χ2v) is 11.2. The quantitative estimate of drug-likeness (QED) is 0.405. The molecule has 12 heteroatoms. The minimum Gasteiger partial charge on any atom is -0.298 e. The lowest BCUT2D eigenvalue weighted by Gasteiger charge is -2.25. The first-order valence-electron chi connectivity index (χ1n) is 11.7. The number of carbonyl (C=O) groups is 1. The third-order valence-corrected chi connectivity index (χ3v) is 9.00. The number of hydrogen-bond donors (Lipinski definition) is 0. The van der Waals surface area contributed by atoms with Crippen molar-refractivity contribution in [2.45, 2.75) is 48.8 Å². The van der Waals surface area contributed by atoms with E-state index in [2.05, 4.69) is 9.97 Å². The summed E-state index contributed by atoms with van der Waals surface area (Å²) in [6.07, 6.45) is -1.35. The fourth-order valence-electron chi connectivity index (χ4n) is 5.13. The molecule has 1 aromatic heterocycles. The van der Waals surface area contributed by atoms with Gasteiger partial charge in [-0.15, -0.1) is 0 Å². The van der Waals surface area contributed by atoms with Gasteiger partial charge in [0.05, 0.1) is 22.6 Å². The zero-order valence-corrected chi connectivity index (χ0v) is 20.5. The van der Waals surface area contributed by atoms with Crippen LogP contribution >= 0.6 is 0 Å². The van der Waals surface area contributed by atoms with Gasteiger partial charge in [0.1, 0.15) is 5.82 Å². The van der Waals surface area contributed by atoms with E-state index in [1.54, 1.807) is 12.1 Å². The van der Waals surface area contributed by atoms with Crippen LogP contribution < -0.4 is 0 Å². The Morgan fingerprint density at radius 3 is 2.32 bits per heavy atom. The summed E-state index contributed by atoms with van der Waals surface area (Å²) in [5.74, 6) is -2.22. The maximum Gasteiger partial charge on any atom is 0.451 e. The molecule has 3 aromatic rings. The van der Waals surface area contributed by atoms with Crippen LogP contribution in [-0.2, 0) is 27.4 Å². The molecule has 2 aliphatic heterocycles. The smallest absolute Gasteiger partial charge is 0.298 e. The van der Waals surface area contributed by atoms with Crippen LogP contribution in [0.4, 0.5) is 17.6 Å². The zero-order chi connectivity index (χ0) is 27.2. The molecule has 3 aliphatic rings. The standard InChI is InChI=1S/C26H20F4N4O3S/c27-20-4-6-22(7-5-20)38(36,37)34-21-10-18(11-21)24(34)23(35)8-3-15-9-16(1-2-17(15)12-31)19-13-32-25(33-14-19)26(28,29)30/h1-2,4-7,9,13-14,18,21,24H,3,8,10-11H2/t18?,21?,24-/m0/s1. The van der Waals surface area contributed by atoms with Crippen molar-refractivity contribution in [1.29, 1.82) is 5.26 Å². The summed E-state index contributed by atoms with van der Waals surface area (Å²) in [4.78, 5) is 19.9. The van der Waals surface area contributed by atoms with Gasteiger partial charge in [0.25, 0.3) is 0 Å². The molecule has 0 amide bonds. The first kappa shape index (κ1) is 25.9. The first-order valence-corrected chi connectivity index (χ1v) is 13.2. The summed E-state index contributed by atoms with van der Waals surface area (Å²) in [6, 6.07) is 10.0. The summed E-state index contributed by atoms with van der Waals surface area (Å²) >= 11 is 0. The molecule has 2 bridgehead atoms. The largest absolute Gasteiger partial charge is 0.451 e. The number of alkyl halides is 3. The number of halogens is 4. The van der Waals surface area contributed by atoms with E-state index in [0.29, 0.717) is 35.1 Å². The van der Waals surface area contributed by atoms with E-state index in [9.17, 15) is 36.0 Å². The molecule has 0 N–H and O–H groups in total. The lowest BCUT2D eigenvalue weighted by Crippen LogP contribution is -2.41. The lowest BCUT2D eigenvalue weighted by molar-refractivity contribution is -0.145. The van der Waals surface area contributed by atoms with Crippen molar-refractivity contribution < 1.29 is 30.8 Å². The highest BCUT2D eigenvalue weighted by molar-refractivity contribution is 7.89. The number of nitrogens with zero attached hydrogens (tertiary/aromatic N) is 4. The molecule has 2 aromatic carbocycles. The molecule has 1 saturated carbocycles. The highest BCUT2D eigenvalue weighted by atomic mass is 32.2. The van der Waals surface area contributed by atoms with Gasteiger partial charge in [0, 0.05) is 30.4 Å². The van der Waals surface area contributed by atoms with Gasteiger partial charge in [-0.3, -0.25) is 4.79 Å². The van der Waals surface area contributed by atoms with Crippen LogP contribution in [-0.4, -0.2) is 40.6 Å². The highest BCUT2D eigenvalue weighted by Gasteiger charge is 2.58. The van der Waals surface area contributed by atoms with Crippen LogP contribution in [0.5, 0.6) is 0 Å². The number of sulfonamides is 1. The molecular weight excluding hydrogens is 524 g/mol. The summed E-state index contributed by atoms with van der Waals surface area (Å²) < 4.78 is 79.5. The van der Waals surface area contributed by atoms with Crippen molar-refractivity contribution >= 4 is 15.8 Å². The fourth-order valence-corrected chi connectivity index (χ4v) is 7.00. The van der Waals surface area contributed by atoms with Crippen molar-refractivity contribution in [3.05, 3.63) is 77.6 Å². The Balaban J connectivity index is 1.35. The normalized spacial score (nSPS) is 21.1. The number of carbonyl (C=O) groups excluding carboxylic acids is 1. The molecule has 3 heterocycles. The van der Waals surface area contributed by atoms with Crippen LogP contribution in [0.15, 0.2) is 59.8 Å². The molecule has 1 atom stereocenters. The number of aromatic nitrogens is 2. The Bertz CT molecular complexity index is 1530. The number of hydrogen-bond acceptors (Lipinski definition) is 6. The van der Waals surface area contributed by atoms with Crippen LogP contribution in [0.2, 0.25) is 0 Å². The first-order chi connectivity index (χ1) is 18.0. The van der Waals surface area contributed by atoms with Gasteiger partial charge in [-0.25, -0.2) is 22.8 Å². The van der Waals surface area contributed by atoms with Crippen molar-refractivity contribution in [2.75, 3.05) is 0 Å². The fraction of sp³-hybridized carbons (Fsp3) is 0.308. The van der Waals surface area contributed by atoms with Crippen molar-refractivity contribution in [3.8, 4) is 17.2 Å². The number of aryl methyl sites for hydroxylation is 1. The molecule has 196 valence electrons. The van der Waals surface area contributed by atoms with Gasteiger partial charge < -0.3 is 0 Å². The zero-order valence-electron chi connectivity index (χ0n) is 19.7. The van der Waals surface area contributed by atoms with E-state index >= 15 is 0 Å². The maximum atomic E-state index is 13.3. The lowest BCUT2D eigenvalue weighted by atomic mass is 9.81. The Morgan fingerprint density at radius 2 is 1.71 bits per heavy atom. The number of rotatable bonds is 7. The molecule has 0 unspecified atom stereocenters. The van der Waals surface area contributed by atoms with Gasteiger partial charge in [0.15, 0.2) is 5.78 Å². The molecule has 1 aliphatic carbocycles. The SMILES string of the molecule is N#Cc1ccc(-c2cnc(C(F)(F)F)nc2)cc1CCC(=O)[C@@H]1C2CC(C2)N1S(=O)(=O)c1ccc(F)cc1. The average Bonchev–Trinajstić information content (AvgIpc) is 3.45. The van der Waals surface area contributed by atoms with Crippen molar-refractivity contribution in [3.63, 3.8) is 0 Å². The summed E-state index contributed by atoms with van der Waals surface area (Å²) in [5.41, 5.74) is 1.57. The second-order valence-electron chi connectivity index (χ2n) is 9.36. The minimum absolute atomic E-state index is 0.0367. The number of benzene rings is 2. The van der Waals surface area contributed by atoms with Gasteiger partial charge in [-0.2, -0.15) is 22.7 Å². The second kappa shape index (κ2) is 9.56. The molecule has 0 radical (unpaired) electrons. The Labute approximate surface area is 215 Å². The van der Waals surface area contributed by atoms with Crippen LogP contribution in [0.25, 0.3) is 11.1 Å². The summed E-state index contributed by atoms with van der Waals surface area (Å²) in [6.45, 7) is 0. The summed E-state index contributed by atoms with van der Waals surface area (Å²) in [7, 11) is -4.01. The van der Waals surface area contributed by atoms with Crippen molar-refractivity contribution in [2.24, 2.45) is 5.92 Å². The molecule has 0 spiro atoms. The van der Waals surface area contributed by atoms with Gasteiger partial charge in [-0.1, -0.05) is 6.07 Å². The predicted octanol–water partition coefficient (Wildman–Crippen LogP) is 4.53. The van der Waals surface area contributed by atoms with Crippen LogP contribution in [0, 0.1) is 23.1 Å². The van der Waals surface area contributed by atoms with E-state index in [0.717, 1.165) is 24.5 Å². The van der Waals surface area contributed by atoms with Gasteiger partial charge in [-0.05, 0) is 72.7 Å². The van der Waals surface area contributed by atoms with E-state index in [-0.39, 0.29) is 35.5 Å². The molecule has 3 fully saturated rings. The number of fused-ring (bicyclic) bond motifs is 1. The number of Topliss-reactive ketones (excluding diaryl/α,β-unsaturated/α-hetero) is 1. The highest BCUT2D eigenvalue weighted by Crippen LogP contribution is 2.49. The predicted molar refractivity (Wildman–Crippen MR) is 126 cm³/mol. The Kier molecular flexibility index (Phi) is 6.53. The molecular formula is C26H20F4N4O3S. The van der Waals surface area contributed by atoms with Crippen LogP contribution in [0.3, 0.4) is 0 Å². The van der Waals surface area contributed by atoms with Crippen LogP contribution in [0.1, 0.15) is 36.2 Å². The van der Waals surface area contributed by atoms with Gasteiger partial charge in [0.2, 0.25) is 15.8 Å². The summed E-state index contributed by atoms with van der Waals surface area (Å²) in [5, 5.41) is 9.53. The monoisotopic (exact) mass is 544 g/mol. The minimum atomic E-state index is -4.67. The molecule has 7 nitrogen and oxygen atoms in total. The third kappa shape index (κ3) is 4.68. The maximum absolute atomic E-state index is 13.3. The van der Waals surface area contributed by atoms with Crippen molar-refractivity contribution in [1.82, 2.24) is 14.3 Å². The number of ketones is 1. The Hall–Kier alpha value is -3.69. The van der Waals surface area contributed by atoms with E-state index < -0.39 is 33.9 Å². The average molecular weight is 545 g/mol. The molecule has 38 heavy (non-hydrogen) atoms. The van der Waals surface area contributed by atoms with E-state index in [1.807, 2.05) is 6.07 Å². The number of nitriles is 1. The third-order valence-electron chi connectivity index (χ3n) is 7.05. The topological polar surface area (TPSA) is 104 Å². The van der Waals surface area contributed by atoms with E-state index in [4.69, 9.17) is 0 Å².